The minimum absolute atomic E-state index is 0.256. The first kappa shape index (κ1) is 17.2. The number of hydrogen-bond acceptors (Lipinski definition) is 4. The Balaban J connectivity index is 1.67. The summed E-state index contributed by atoms with van der Waals surface area (Å²) < 4.78 is 5.60. The molecule has 0 saturated heterocycles. The molecule has 0 atom stereocenters. The molecule has 7 heteroatoms. The van der Waals surface area contributed by atoms with Crippen molar-refractivity contribution in [1.82, 2.24) is 15.3 Å². The average Bonchev–Trinajstić information content (AvgIpc) is 2.62. The van der Waals surface area contributed by atoms with E-state index in [1.54, 1.807) is 54.9 Å². The lowest BCUT2D eigenvalue weighted by atomic mass is 10.2. The quantitative estimate of drug-likeness (QED) is 0.714. The van der Waals surface area contributed by atoms with Crippen LogP contribution in [-0.2, 0) is 6.54 Å². The Labute approximate surface area is 154 Å². The van der Waals surface area contributed by atoms with Crippen molar-refractivity contribution < 1.29 is 9.53 Å². The van der Waals surface area contributed by atoms with Crippen LogP contribution in [0.3, 0.4) is 0 Å². The molecule has 0 aliphatic carbocycles. The van der Waals surface area contributed by atoms with Crippen LogP contribution >= 0.6 is 23.2 Å². The minimum Gasteiger partial charge on any atom is -0.439 e. The van der Waals surface area contributed by atoms with E-state index in [0.29, 0.717) is 27.2 Å². The van der Waals surface area contributed by atoms with Gasteiger partial charge in [0.2, 0.25) is 5.88 Å². The lowest BCUT2D eigenvalue weighted by molar-refractivity contribution is 0.0950. The van der Waals surface area contributed by atoms with Crippen LogP contribution in [0.4, 0.5) is 0 Å². The number of benzene rings is 1. The zero-order valence-corrected chi connectivity index (χ0v) is 14.5. The van der Waals surface area contributed by atoms with Gasteiger partial charge in [-0.05, 0) is 35.9 Å². The normalized spacial score (nSPS) is 10.3. The third-order valence-corrected chi connectivity index (χ3v) is 3.91. The maximum Gasteiger partial charge on any atom is 0.251 e. The van der Waals surface area contributed by atoms with Gasteiger partial charge in [0, 0.05) is 46.8 Å². The first-order valence-electron chi connectivity index (χ1n) is 7.38. The Kier molecular flexibility index (Phi) is 5.48. The van der Waals surface area contributed by atoms with Gasteiger partial charge in [-0.15, -0.1) is 0 Å². The SMILES string of the molecule is O=C(NCc1ccc(Cl)cc1Cl)c1ccnc(Oc2ccncc2)c1. The molecule has 25 heavy (non-hydrogen) atoms. The van der Waals surface area contributed by atoms with Gasteiger partial charge < -0.3 is 10.1 Å². The van der Waals surface area contributed by atoms with Gasteiger partial charge in [-0.1, -0.05) is 29.3 Å². The summed E-state index contributed by atoms with van der Waals surface area (Å²) in [6, 6.07) is 11.7. The lowest BCUT2D eigenvalue weighted by Crippen LogP contribution is -2.23. The number of carbonyl (C=O) groups is 1. The molecule has 1 aromatic carbocycles. The molecule has 3 rings (SSSR count). The molecule has 0 fully saturated rings. The molecule has 2 aromatic heterocycles. The molecule has 0 aliphatic heterocycles. The number of rotatable bonds is 5. The highest BCUT2D eigenvalue weighted by Crippen LogP contribution is 2.21. The molecule has 0 saturated carbocycles. The fourth-order valence-corrected chi connectivity index (χ4v) is 2.55. The summed E-state index contributed by atoms with van der Waals surface area (Å²) in [6.45, 7) is 0.289. The fourth-order valence-electron chi connectivity index (χ4n) is 2.08. The number of halogens is 2. The van der Waals surface area contributed by atoms with E-state index < -0.39 is 0 Å². The zero-order chi connectivity index (χ0) is 17.6. The number of amides is 1. The van der Waals surface area contributed by atoms with E-state index >= 15 is 0 Å². The van der Waals surface area contributed by atoms with Crippen LogP contribution in [0, 0.1) is 0 Å². The monoisotopic (exact) mass is 373 g/mol. The predicted octanol–water partition coefficient (Wildman–Crippen LogP) is 4.51. The van der Waals surface area contributed by atoms with Crippen LogP contribution in [0.2, 0.25) is 10.0 Å². The van der Waals surface area contributed by atoms with Gasteiger partial charge in [-0.25, -0.2) is 4.98 Å². The lowest BCUT2D eigenvalue weighted by Gasteiger charge is -2.09. The van der Waals surface area contributed by atoms with E-state index in [2.05, 4.69) is 15.3 Å². The molecular weight excluding hydrogens is 361 g/mol. The smallest absolute Gasteiger partial charge is 0.251 e. The second kappa shape index (κ2) is 7.96. The summed E-state index contributed by atoms with van der Waals surface area (Å²) in [5.41, 5.74) is 1.21. The summed E-state index contributed by atoms with van der Waals surface area (Å²) in [7, 11) is 0. The van der Waals surface area contributed by atoms with Crippen molar-refractivity contribution in [3.8, 4) is 11.6 Å². The molecule has 0 aliphatic rings. The van der Waals surface area contributed by atoms with Crippen LogP contribution in [0.5, 0.6) is 11.6 Å². The summed E-state index contributed by atoms with van der Waals surface area (Å²) in [5, 5.41) is 3.86. The van der Waals surface area contributed by atoms with Crippen LogP contribution in [0.1, 0.15) is 15.9 Å². The summed E-state index contributed by atoms with van der Waals surface area (Å²) >= 11 is 12.0. The Morgan fingerprint density at radius 3 is 2.60 bits per heavy atom. The molecule has 5 nitrogen and oxygen atoms in total. The minimum atomic E-state index is -0.256. The van der Waals surface area contributed by atoms with Crippen LogP contribution in [0.25, 0.3) is 0 Å². The fraction of sp³-hybridized carbons (Fsp3) is 0.0556. The Hall–Kier alpha value is -2.63. The van der Waals surface area contributed by atoms with E-state index in [9.17, 15) is 4.79 Å². The number of aromatic nitrogens is 2. The van der Waals surface area contributed by atoms with Gasteiger partial charge in [-0.3, -0.25) is 9.78 Å². The number of pyridine rings is 2. The molecule has 0 unspecified atom stereocenters. The number of nitrogens with zero attached hydrogens (tertiary/aromatic N) is 2. The first-order valence-corrected chi connectivity index (χ1v) is 8.13. The zero-order valence-electron chi connectivity index (χ0n) is 12.9. The van der Waals surface area contributed by atoms with Crippen molar-refractivity contribution in [2.24, 2.45) is 0 Å². The van der Waals surface area contributed by atoms with Gasteiger partial charge in [-0.2, -0.15) is 0 Å². The van der Waals surface area contributed by atoms with E-state index in [4.69, 9.17) is 27.9 Å². The number of carbonyl (C=O) groups excluding carboxylic acids is 1. The standard InChI is InChI=1S/C18H13Cl2N3O2/c19-14-2-1-13(16(20)10-14)11-23-18(24)12-3-8-22-17(9-12)25-15-4-6-21-7-5-15/h1-10H,11H2,(H,23,24). The molecule has 126 valence electrons. The molecule has 2 heterocycles. The van der Waals surface area contributed by atoms with Crippen LogP contribution < -0.4 is 10.1 Å². The van der Waals surface area contributed by atoms with Crippen molar-refractivity contribution in [3.05, 3.63) is 82.2 Å². The molecule has 1 amide bonds. The predicted molar refractivity (Wildman–Crippen MR) is 96.2 cm³/mol. The van der Waals surface area contributed by atoms with E-state index in [-0.39, 0.29) is 12.5 Å². The number of nitrogens with one attached hydrogen (secondary N) is 1. The van der Waals surface area contributed by atoms with Gasteiger partial charge in [0.25, 0.3) is 5.91 Å². The van der Waals surface area contributed by atoms with Crippen LogP contribution in [-0.4, -0.2) is 15.9 Å². The van der Waals surface area contributed by atoms with Crippen molar-refractivity contribution in [2.75, 3.05) is 0 Å². The van der Waals surface area contributed by atoms with E-state index in [0.717, 1.165) is 5.56 Å². The van der Waals surface area contributed by atoms with Crippen molar-refractivity contribution in [2.45, 2.75) is 6.54 Å². The second-order valence-electron chi connectivity index (χ2n) is 5.09. The van der Waals surface area contributed by atoms with E-state index in [1.807, 2.05) is 0 Å². The van der Waals surface area contributed by atoms with Crippen molar-refractivity contribution in [3.63, 3.8) is 0 Å². The third-order valence-electron chi connectivity index (χ3n) is 3.32. The van der Waals surface area contributed by atoms with Gasteiger partial charge in [0.05, 0.1) is 0 Å². The maximum absolute atomic E-state index is 12.3. The Morgan fingerprint density at radius 2 is 1.84 bits per heavy atom. The topological polar surface area (TPSA) is 64.1 Å². The molecule has 0 radical (unpaired) electrons. The molecule has 0 bridgehead atoms. The maximum atomic E-state index is 12.3. The van der Waals surface area contributed by atoms with Crippen molar-refractivity contribution in [1.29, 1.82) is 0 Å². The van der Waals surface area contributed by atoms with Gasteiger partial charge in [0.1, 0.15) is 5.75 Å². The summed E-state index contributed by atoms with van der Waals surface area (Å²) in [6.07, 6.45) is 4.74. The third kappa shape index (κ3) is 4.68. The Bertz CT molecular complexity index is 888. The molecule has 0 spiro atoms. The van der Waals surface area contributed by atoms with Crippen molar-refractivity contribution >= 4 is 29.1 Å². The molecular formula is C18H13Cl2N3O2. The summed E-state index contributed by atoms with van der Waals surface area (Å²) in [4.78, 5) is 20.3. The molecule has 3 aromatic rings. The number of hydrogen-bond donors (Lipinski definition) is 1. The van der Waals surface area contributed by atoms with Crippen LogP contribution in [0.15, 0.2) is 61.1 Å². The largest absolute Gasteiger partial charge is 0.439 e. The highest BCUT2D eigenvalue weighted by molar-refractivity contribution is 6.35. The molecule has 1 N–H and O–H groups in total. The first-order chi connectivity index (χ1) is 12.1. The average molecular weight is 374 g/mol. The Morgan fingerprint density at radius 1 is 1.04 bits per heavy atom. The van der Waals surface area contributed by atoms with E-state index in [1.165, 1.54) is 6.20 Å². The van der Waals surface area contributed by atoms with Gasteiger partial charge in [0.15, 0.2) is 0 Å². The second-order valence-corrected chi connectivity index (χ2v) is 5.93. The summed E-state index contributed by atoms with van der Waals surface area (Å²) in [5.74, 6) is 0.657. The number of ether oxygens (including phenoxy) is 1. The highest BCUT2D eigenvalue weighted by Gasteiger charge is 2.09. The van der Waals surface area contributed by atoms with Gasteiger partial charge >= 0.3 is 0 Å². The highest BCUT2D eigenvalue weighted by atomic mass is 35.5.